The van der Waals surface area contributed by atoms with Gasteiger partial charge in [-0.3, -0.25) is 19.3 Å². The minimum atomic E-state index is -2.67. The molecule has 2 aliphatic rings. The van der Waals surface area contributed by atoms with Crippen LogP contribution in [0.2, 0.25) is 0 Å². The van der Waals surface area contributed by atoms with Crippen molar-refractivity contribution in [1.29, 1.82) is 0 Å². The molecule has 9 nitrogen and oxygen atoms in total. The van der Waals surface area contributed by atoms with Crippen molar-refractivity contribution in [3.63, 3.8) is 0 Å². The van der Waals surface area contributed by atoms with Crippen LogP contribution in [0.3, 0.4) is 0 Å². The Bertz CT molecular complexity index is 1610. The Morgan fingerprint density at radius 3 is 2.15 bits per heavy atom. The molecule has 0 radical (unpaired) electrons. The van der Waals surface area contributed by atoms with Gasteiger partial charge < -0.3 is 19.6 Å². The summed E-state index contributed by atoms with van der Waals surface area (Å²) in [5.41, 5.74) is 4.60. The van der Waals surface area contributed by atoms with Gasteiger partial charge in [0, 0.05) is 38.5 Å². The molecule has 1 heterocycles. The Morgan fingerprint density at radius 1 is 0.936 bits per heavy atom. The van der Waals surface area contributed by atoms with Crippen molar-refractivity contribution in [3.8, 4) is 11.1 Å². The van der Waals surface area contributed by atoms with E-state index >= 15 is 0 Å². The lowest BCUT2D eigenvalue weighted by Gasteiger charge is -2.38. The maximum Gasteiger partial charge on any atom is 0.410 e. The van der Waals surface area contributed by atoms with E-state index in [-0.39, 0.29) is 37.5 Å². The molecule has 11 heteroatoms. The van der Waals surface area contributed by atoms with Gasteiger partial charge in [-0.05, 0) is 40.7 Å². The number of nitrogens with zero attached hydrogens (tertiary/aromatic N) is 3. The third-order valence-corrected chi connectivity index (χ3v) is 8.79. The van der Waals surface area contributed by atoms with E-state index in [4.69, 9.17) is 4.74 Å². The lowest BCUT2D eigenvalue weighted by Crippen LogP contribution is -2.57. The van der Waals surface area contributed by atoms with Crippen molar-refractivity contribution in [3.05, 3.63) is 107 Å². The molecule has 0 saturated heterocycles. The second-order valence-corrected chi connectivity index (χ2v) is 11.8. The zero-order valence-corrected chi connectivity index (χ0v) is 26.2. The summed E-state index contributed by atoms with van der Waals surface area (Å²) in [6, 6.07) is 19.2. The quantitative estimate of drug-likeness (QED) is 0.292. The first kappa shape index (κ1) is 33.3. The summed E-state index contributed by atoms with van der Waals surface area (Å²) in [5, 5.41) is 9.33. The Kier molecular flexibility index (Phi) is 10.3. The number of amides is 3. The number of halogens is 2. The number of benzene rings is 3. The molecular formula is C36H37F2N3O6. The van der Waals surface area contributed by atoms with Gasteiger partial charge in [-0.1, -0.05) is 84.9 Å². The molecule has 1 aliphatic heterocycles. The van der Waals surface area contributed by atoms with Crippen LogP contribution in [0, 0.1) is 0 Å². The number of likely N-dealkylation sites (N-methyl/N-ethyl adjacent to an activating group) is 2. The molecule has 3 aromatic carbocycles. The molecular weight excluding hydrogens is 608 g/mol. The fourth-order valence-corrected chi connectivity index (χ4v) is 6.30. The molecule has 0 bridgehead atoms. The number of fused-ring (bicyclic) bond motifs is 3. The van der Waals surface area contributed by atoms with Gasteiger partial charge in [0.1, 0.15) is 25.2 Å². The van der Waals surface area contributed by atoms with Crippen molar-refractivity contribution in [2.75, 3.05) is 33.8 Å². The van der Waals surface area contributed by atoms with Crippen molar-refractivity contribution in [1.82, 2.24) is 14.7 Å². The maximum absolute atomic E-state index is 14.2. The van der Waals surface area contributed by atoms with Crippen LogP contribution in [0.1, 0.15) is 47.4 Å². The van der Waals surface area contributed by atoms with Crippen LogP contribution >= 0.6 is 0 Å². The van der Waals surface area contributed by atoms with E-state index in [1.165, 1.54) is 48.2 Å². The zero-order chi connectivity index (χ0) is 33.7. The first-order valence-corrected chi connectivity index (χ1v) is 15.4. The molecule has 246 valence electrons. The molecule has 0 fully saturated rings. The van der Waals surface area contributed by atoms with Crippen LogP contribution < -0.4 is 0 Å². The topological polar surface area (TPSA) is 107 Å². The van der Waals surface area contributed by atoms with E-state index in [1.807, 2.05) is 60.7 Å². The van der Waals surface area contributed by atoms with Crippen molar-refractivity contribution >= 4 is 23.9 Å². The van der Waals surface area contributed by atoms with E-state index in [0.717, 1.165) is 27.2 Å². The summed E-state index contributed by atoms with van der Waals surface area (Å²) < 4.78 is 32.2. The lowest BCUT2D eigenvalue weighted by atomic mass is 9.98. The number of carboxylic acids is 1. The predicted octanol–water partition coefficient (Wildman–Crippen LogP) is 5.51. The number of ether oxygens (including phenoxy) is 1. The van der Waals surface area contributed by atoms with Crippen LogP contribution in [0.5, 0.6) is 0 Å². The van der Waals surface area contributed by atoms with Gasteiger partial charge in [0.05, 0.1) is 0 Å². The molecule has 0 spiro atoms. The van der Waals surface area contributed by atoms with Gasteiger partial charge in [-0.15, -0.1) is 0 Å². The first-order valence-electron chi connectivity index (χ1n) is 15.4. The van der Waals surface area contributed by atoms with E-state index in [2.05, 4.69) is 0 Å². The van der Waals surface area contributed by atoms with E-state index in [9.17, 15) is 33.1 Å². The van der Waals surface area contributed by atoms with Gasteiger partial charge in [0.25, 0.3) is 6.43 Å². The Hall–Kier alpha value is -5.06. The van der Waals surface area contributed by atoms with Crippen molar-refractivity contribution < 1.29 is 37.8 Å². The average molecular weight is 646 g/mol. The van der Waals surface area contributed by atoms with Crippen molar-refractivity contribution in [2.45, 2.75) is 43.7 Å². The maximum atomic E-state index is 14.2. The van der Waals surface area contributed by atoms with Crippen LogP contribution in [-0.2, 0) is 25.5 Å². The minimum absolute atomic E-state index is 0.0385. The molecule has 2 atom stereocenters. The van der Waals surface area contributed by atoms with Crippen molar-refractivity contribution in [2.24, 2.45) is 0 Å². The largest absolute Gasteiger partial charge is 0.480 e. The number of carbonyl (C=O) groups is 4. The number of aliphatic carboxylic acids is 1. The number of alkyl halides is 2. The Morgan fingerprint density at radius 2 is 1.55 bits per heavy atom. The Balaban J connectivity index is 1.36. The lowest BCUT2D eigenvalue weighted by molar-refractivity contribution is -0.150. The molecule has 5 rings (SSSR count). The second kappa shape index (κ2) is 14.6. The highest BCUT2D eigenvalue weighted by atomic mass is 19.3. The Labute approximate surface area is 272 Å². The van der Waals surface area contributed by atoms with Crippen LogP contribution in [0.4, 0.5) is 13.6 Å². The summed E-state index contributed by atoms with van der Waals surface area (Å²) >= 11 is 0. The molecule has 0 saturated carbocycles. The zero-order valence-electron chi connectivity index (χ0n) is 26.2. The van der Waals surface area contributed by atoms with Gasteiger partial charge in [0.2, 0.25) is 11.8 Å². The number of carbonyl (C=O) groups excluding carboxylic acids is 3. The molecule has 3 amide bonds. The summed E-state index contributed by atoms with van der Waals surface area (Å²) in [5.74, 6) is -2.52. The summed E-state index contributed by atoms with van der Waals surface area (Å²) in [7, 11) is 2.81. The normalized spacial score (nSPS) is 17.3. The SMILES string of the molecule is CN(CC(=O)O)C(=O)[C@H](Cc1ccc(C(F)F)cc1)N1CC/C=C\C[C@H](N(C)C(=O)OCC2c3ccccc3-c3ccccc32)C1=O. The summed E-state index contributed by atoms with van der Waals surface area (Å²) in [4.78, 5) is 56.4. The highest BCUT2D eigenvalue weighted by Crippen LogP contribution is 2.44. The van der Waals surface area contributed by atoms with Gasteiger partial charge in [-0.2, -0.15) is 0 Å². The molecule has 47 heavy (non-hydrogen) atoms. The number of rotatable bonds is 10. The molecule has 0 unspecified atom stereocenters. The molecule has 1 N–H and O–H groups in total. The highest BCUT2D eigenvalue weighted by molar-refractivity contribution is 5.92. The molecule has 3 aromatic rings. The first-order chi connectivity index (χ1) is 22.6. The average Bonchev–Trinajstić information content (AvgIpc) is 3.37. The van der Waals surface area contributed by atoms with Crippen LogP contribution in [0.25, 0.3) is 11.1 Å². The highest BCUT2D eigenvalue weighted by Gasteiger charge is 2.39. The van der Waals surface area contributed by atoms with E-state index in [0.29, 0.717) is 12.0 Å². The van der Waals surface area contributed by atoms with E-state index in [1.54, 1.807) is 0 Å². The van der Waals surface area contributed by atoms with Crippen LogP contribution in [-0.4, -0.2) is 89.6 Å². The number of hydrogen-bond acceptors (Lipinski definition) is 5. The van der Waals surface area contributed by atoms with Gasteiger partial charge in [-0.25, -0.2) is 13.6 Å². The fraction of sp³-hybridized carbons (Fsp3) is 0.333. The minimum Gasteiger partial charge on any atom is -0.480 e. The third-order valence-electron chi connectivity index (χ3n) is 8.79. The number of carboxylic acid groups (broad SMARTS) is 1. The summed E-state index contributed by atoms with van der Waals surface area (Å²) in [6.45, 7) is -0.408. The smallest absolute Gasteiger partial charge is 0.410 e. The van der Waals surface area contributed by atoms with Gasteiger partial charge in [0.15, 0.2) is 0 Å². The predicted molar refractivity (Wildman–Crippen MR) is 171 cm³/mol. The summed E-state index contributed by atoms with van der Waals surface area (Å²) in [6.07, 6.45) is 0.854. The van der Waals surface area contributed by atoms with E-state index < -0.39 is 48.9 Å². The molecule has 1 aliphatic carbocycles. The third kappa shape index (κ3) is 7.34. The standard InChI is InChI=1S/C36H37F2N3O6/c1-39(21-32(42)43)34(44)31(20-23-15-17-24(18-16-23)33(37)38)41-19-9-3-4-14-30(35(41)45)40(2)36(46)47-22-29-27-12-7-5-10-25(27)26-11-6-8-13-28(26)29/h3-8,10-13,15-18,29-31,33H,9,14,19-22H2,1-2H3,(H,42,43)/b4-3-/t30-,31-/m0/s1. The fourth-order valence-electron chi connectivity index (χ4n) is 6.30. The second-order valence-electron chi connectivity index (χ2n) is 11.8. The molecule has 0 aromatic heterocycles. The van der Waals surface area contributed by atoms with Crippen LogP contribution in [0.15, 0.2) is 84.9 Å². The number of hydrogen-bond donors (Lipinski definition) is 1. The van der Waals surface area contributed by atoms with Gasteiger partial charge >= 0.3 is 12.1 Å². The monoisotopic (exact) mass is 645 g/mol.